The molecule has 1 heterocycles. The summed E-state index contributed by atoms with van der Waals surface area (Å²) in [6, 6.07) is 14.1. The van der Waals surface area contributed by atoms with Gasteiger partial charge in [-0.25, -0.2) is 4.79 Å². The third-order valence-electron chi connectivity index (χ3n) is 5.03. The van der Waals surface area contributed by atoms with Crippen LogP contribution in [0.25, 0.3) is 22.3 Å². The predicted molar refractivity (Wildman–Crippen MR) is 129 cm³/mol. The Hall–Kier alpha value is -3.68. The maximum atomic E-state index is 13.3. The van der Waals surface area contributed by atoms with Crippen molar-refractivity contribution in [3.05, 3.63) is 80.4 Å². The topological polar surface area (TPSA) is 84.2 Å². The van der Waals surface area contributed by atoms with Crippen molar-refractivity contribution < 1.29 is 28.2 Å². The van der Waals surface area contributed by atoms with E-state index in [2.05, 4.69) is 0 Å². The zero-order valence-corrected chi connectivity index (χ0v) is 19.8. The molecule has 0 N–H and O–H groups in total. The number of hydrogen-bond donors (Lipinski definition) is 0. The standard InChI is InChI=1S/C25H18Cl2O7/c1-30-19-10-13(11-20(31-2)23(19)32-3)25(29)34-24-21(28)16-6-4-5-7-18(16)33-22(24)15-9-8-14(26)12-17(15)27/h4-12H,1-3H3. The van der Waals surface area contributed by atoms with Crippen LogP contribution in [0.2, 0.25) is 10.0 Å². The SMILES string of the molecule is COc1cc(C(=O)Oc2c(-c3ccc(Cl)cc3Cl)oc3ccccc3c2=O)cc(OC)c1OC. The Labute approximate surface area is 204 Å². The maximum absolute atomic E-state index is 13.3. The molecule has 4 aromatic rings. The summed E-state index contributed by atoms with van der Waals surface area (Å²) in [5.74, 6) is -0.359. The van der Waals surface area contributed by atoms with E-state index in [1.165, 1.54) is 39.5 Å². The second-order valence-electron chi connectivity index (χ2n) is 7.01. The highest BCUT2D eigenvalue weighted by atomic mass is 35.5. The second kappa shape index (κ2) is 9.67. The summed E-state index contributed by atoms with van der Waals surface area (Å²) in [6.45, 7) is 0. The molecule has 4 rings (SSSR count). The van der Waals surface area contributed by atoms with Gasteiger partial charge in [0, 0.05) is 10.6 Å². The first kappa shape index (κ1) is 23.5. The van der Waals surface area contributed by atoms with Gasteiger partial charge in [-0.3, -0.25) is 4.79 Å². The van der Waals surface area contributed by atoms with Crippen molar-refractivity contribution in [3.8, 4) is 34.3 Å². The Bertz CT molecular complexity index is 1430. The lowest BCUT2D eigenvalue weighted by Crippen LogP contribution is -2.16. The van der Waals surface area contributed by atoms with E-state index in [4.69, 9.17) is 46.6 Å². The van der Waals surface area contributed by atoms with Crippen molar-refractivity contribution in [2.24, 2.45) is 0 Å². The average molecular weight is 501 g/mol. The van der Waals surface area contributed by atoms with Crippen LogP contribution in [0.3, 0.4) is 0 Å². The fourth-order valence-electron chi connectivity index (χ4n) is 3.42. The Kier molecular flexibility index (Phi) is 6.68. The maximum Gasteiger partial charge on any atom is 0.344 e. The molecular formula is C25H18Cl2O7. The first-order valence-corrected chi connectivity index (χ1v) is 10.7. The lowest BCUT2D eigenvalue weighted by Gasteiger charge is -2.15. The fourth-order valence-corrected chi connectivity index (χ4v) is 3.91. The minimum atomic E-state index is -0.840. The second-order valence-corrected chi connectivity index (χ2v) is 7.86. The lowest BCUT2D eigenvalue weighted by molar-refractivity contribution is 0.0730. The third-order valence-corrected chi connectivity index (χ3v) is 5.57. The molecule has 0 aliphatic carbocycles. The zero-order valence-electron chi connectivity index (χ0n) is 18.3. The van der Waals surface area contributed by atoms with Crippen LogP contribution in [0.4, 0.5) is 0 Å². The van der Waals surface area contributed by atoms with E-state index < -0.39 is 11.4 Å². The first-order chi connectivity index (χ1) is 16.4. The highest BCUT2D eigenvalue weighted by molar-refractivity contribution is 6.36. The van der Waals surface area contributed by atoms with Gasteiger partial charge >= 0.3 is 5.97 Å². The fraction of sp³-hybridized carbons (Fsp3) is 0.120. The molecule has 3 aromatic carbocycles. The number of fused-ring (bicyclic) bond motifs is 1. The first-order valence-electron chi connectivity index (χ1n) is 9.91. The van der Waals surface area contributed by atoms with Crippen molar-refractivity contribution >= 4 is 40.1 Å². The van der Waals surface area contributed by atoms with E-state index in [0.717, 1.165) is 0 Å². The van der Waals surface area contributed by atoms with E-state index >= 15 is 0 Å². The number of benzene rings is 3. The van der Waals surface area contributed by atoms with Crippen molar-refractivity contribution in [3.63, 3.8) is 0 Å². The number of carbonyl (C=O) groups is 1. The molecule has 0 aliphatic heterocycles. The van der Waals surface area contributed by atoms with Gasteiger partial charge in [0.05, 0.1) is 37.3 Å². The Balaban J connectivity index is 1.89. The molecule has 0 fully saturated rings. The van der Waals surface area contributed by atoms with E-state index in [9.17, 15) is 9.59 Å². The van der Waals surface area contributed by atoms with Crippen LogP contribution in [0.1, 0.15) is 10.4 Å². The molecule has 0 spiro atoms. The number of esters is 1. The number of para-hydroxylation sites is 1. The van der Waals surface area contributed by atoms with Gasteiger partial charge in [-0.1, -0.05) is 35.3 Å². The van der Waals surface area contributed by atoms with Crippen molar-refractivity contribution in [1.82, 2.24) is 0 Å². The minimum Gasteiger partial charge on any atom is -0.493 e. The van der Waals surface area contributed by atoms with Gasteiger partial charge in [-0.05, 0) is 42.5 Å². The average Bonchev–Trinajstić information content (AvgIpc) is 2.84. The number of methoxy groups -OCH3 is 3. The molecule has 0 aliphatic rings. The highest BCUT2D eigenvalue weighted by Gasteiger charge is 2.24. The van der Waals surface area contributed by atoms with E-state index in [-0.39, 0.29) is 39.0 Å². The highest BCUT2D eigenvalue weighted by Crippen LogP contribution is 2.40. The van der Waals surface area contributed by atoms with Gasteiger partial charge in [0.25, 0.3) is 0 Å². The van der Waals surface area contributed by atoms with Gasteiger partial charge in [0.2, 0.25) is 16.9 Å². The van der Waals surface area contributed by atoms with Crippen LogP contribution in [0.15, 0.2) is 63.8 Å². The molecule has 0 saturated carbocycles. The summed E-state index contributed by atoms with van der Waals surface area (Å²) in [5, 5.41) is 0.855. The molecular weight excluding hydrogens is 483 g/mol. The van der Waals surface area contributed by atoms with Crippen LogP contribution in [-0.2, 0) is 0 Å². The quantitative estimate of drug-likeness (QED) is 0.299. The van der Waals surface area contributed by atoms with Gasteiger partial charge in [0.15, 0.2) is 17.3 Å². The summed E-state index contributed by atoms with van der Waals surface area (Å²) in [6.07, 6.45) is 0. The van der Waals surface area contributed by atoms with Crippen molar-refractivity contribution in [2.45, 2.75) is 0 Å². The summed E-state index contributed by atoms with van der Waals surface area (Å²) >= 11 is 12.4. The smallest absolute Gasteiger partial charge is 0.344 e. The van der Waals surface area contributed by atoms with E-state index in [1.807, 2.05) is 0 Å². The Morgan fingerprint density at radius 1 is 0.853 bits per heavy atom. The minimum absolute atomic E-state index is 0.00819. The summed E-state index contributed by atoms with van der Waals surface area (Å²) in [5.41, 5.74) is 0.168. The zero-order chi connectivity index (χ0) is 24.4. The van der Waals surface area contributed by atoms with E-state index in [1.54, 1.807) is 36.4 Å². The number of ether oxygens (including phenoxy) is 4. The molecule has 0 bridgehead atoms. The predicted octanol–water partition coefficient (Wildman–Crippen LogP) is 6.01. The molecule has 0 radical (unpaired) electrons. The Morgan fingerprint density at radius 3 is 2.15 bits per heavy atom. The van der Waals surface area contributed by atoms with Crippen LogP contribution < -0.4 is 24.4 Å². The number of rotatable bonds is 6. The molecule has 0 unspecified atom stereocenters. The number of halogens is 2. The summed E-state index contributed by atoms with van der Waals surface area (Å²) in [4.78, 5) is 26.5. The van der Waals surface area contributed by atoms with Crippen LogP contribution in [-0.4, -0.2) is 27.3 Å². The van der Waals surface area contributed by atoms with E-state index in [0.29, 0.717) is 21.9 Å². The van der Waals surface area contributed by atoms with Crippen LogP contribution >= 0.6 is 23.2 Å². The molecule has 0 saturated heterocycles. The molecule has 7 nitrogen and oxygen atoms in total. The van der Waals surface area contributed by atoms with Crippen molar-refractivity contribution in [2.75, 3.05) is 21.3 Å². The van der Waals surface area contributed by atoms with Gasteiger partial charge in [-0.15, -0.1) is 0 Å². The normalized spacial score (nSPS) is 10.7. The van der Waals surface area contributed by atoms with Crippen LogP contribution in [0, 0.1) is 0 Å². The molecule has 0 amide bonds. The van der Waals surface area contributed by atoms with Gasteiger partial charge in [0.1, 0.15) is 5.58 Å². The largest absolute Gasteiger partial charge is 0.493 e. The lowest BCUT2D eigenvalue weighted by atomic mass is 10.1. The van der Waals surface area contributed by atoms with Crippen LogP contribution in [0.5, 0.6) is 23.0 Å². The summed E-state index contributed by atoms with van der Waals surface area (Å²) < 4.78 is 27.4. The molecule has 174 valence electrons. The van der Waals surface area contributed by atoms with Gasteiger partial charge in [-0.2, -0.15) is 0 Å². The monoisotopic (exact) mass is 500 g/mol. The summed E-state index contributed by atoms with van der Waals surface area (Å²) in [7, 11) is 4.29. The molecule has 9 heteroatoms. The number of hydrogen-bond acceptors (Lipinski definition) is 7. The molecule has 1 aromatic heterocycles. The Morgan fingerprint density at radius 2 is 1.53 bits per heavy atom. The molecule has 34 heavy (non-hydrogen) atoms. The van der Waals surface area contributed by atoms with Gasteiger partial charge < -0.3 is 23.4 Å². The van der Waals surface area contributed by atoms with Crippen molar-refractivity contribution in [1.29, 1.82) is 0 Å². The molecule has 0 atom stereocenters. The third kappa shape index (κ3) is 4.27. The number of carbonyl (C=O) groups excluding carboxylic acids is 1.